The molecule has 0 radical (unpaired) electrons. The van der Waals surface area contributed by atoms with Gasteiger partial charge in [0.05, 0.1) is 29.8 Å². The second-order valence-electron chi connectivity index (χ2n) is 7.31. The maximum absolute atomic E-state index is 12.8. The van der Waals surface area contributed by atoms with Crippen LogP contribution in [0.4, 0.5) is 5.69 Å². The van der Waals surface area contributed by atoms with Gasteiger partial charge in [0.1, 0.15) is 0 Å². The van der Waals surface area contributed by atoms with Gasteiger partial charge in [0.15, 0.2) is 0 Å². The number of nitrogens with zero attached hydrogens (tertiary/aromatic N) is 2. The summed E-state index contributed by atoms with van der Waals surface area (Å²) in [6.45, 7) is 0.303. The van der Waals surface area contributed by atoms with E-state index in [1.807, 2.05) is 30.1 Å². The van der Waals surface area contributed by atoms with Crippen molar-refractivity contribution in [2.45, 2.75) is 25.3 Å². The molecule has 1 aliphatic carbocycles. The van der Waals surface area contributed by atoms with E-state index in [0.29, 0.717) is 10.7 Å². The zero-order valence-electron chi connectivity index (χ0n) is 16.3. The third-order valence-electron chi connectivity index (χ3n) is 5.17. The average Bonchev–Trinajstić information content (AvgIpc) is 2.68. The van der Waals surface area contributed by atoms with Gasteiger partial charge < -0.3 is 10.2 Å². The van der Waals surface area contributed by atoms with E-state index in [-0.39, 0.29) is 30.9 Å². The van der Waals surface area contributed by atoms with Crippen LogP contribution < -0.4 is 5.32 Å². The molecule has 1 atom stereocenters. The Balaban J connectivity index is 1.55. The van der Waals surface area contributed by atoms with E-state index in [1.54, 1.807) is 24.1 Å². The van der Waals surface area contributed by atoms with Crippen molar-refractivity contribution < 1.29 is 9.59 Å². The number of halogens is 1. The van der Waals surface area contributed by atoms with Gasteiger partial charge >= 0.3 is 0 Å². The first kappa shape index (κ1) is 20.4. The largest absolute Gasteiger partial charge is 0.338 e. The molecule has 0 saturated heterocycles. The molecule has 0 unspecified atom stereocenters. The van der Waals surface area contributed by atoms with Crippen molar-refractivity contribution in [1.82, 2.24) is 9.80 Å². The predicted octanol–water partition coefficient (Wildman–Crippen LogP) is 3.75. The lowest BCUT2D eigenvalue weighted by molar-refractivity contribution is -0.133. The van der Waals surface area contributed by atoms with Crippen molar-refractivity contribution in [3.05, 3.63) is 64.7 Å². The van der Waals surface area contributed by atoms with E-state index in [2.05, 4.69) is 23.5 Å². The van der Waals surface area contributed by atoms with Gasteiger partial charge in [-0.1, -0.05) is 48.0 Å². The van der Waals surface area contributed by atoms with Crippen molar-refractivity contribution >= 4 is 29.1 Å². The Bertz CT molecular complexity index is 855. The Kier molecular flexibility index (Phi) is 6.70. The molecule has 0 spiro atoms. The van der Waals surface area contributed by atoms with E-state index in [4.69, 9.17) is 11.6 Å². The highest BCUT2D eigenvalue weighted by Crippen LogP contribution is 2.33. The Morgan fingerprint density at radius 1 is 1.07 bits per heavy atom. The number of benzene rings is 2. The first-order valence-corrected chi connectivity index (χ1v) is 9.90. The van der Waals surface area contributed by atoms with E-state index in [0.717, 1.165) is 19.3 Å². The summed E-state index contributed by atoms with van der Waals surface area (Å²) in [6, 6.07) is 15.5. The average molecular weight is 400 g/mol. The lowest BCUT2D eigenvalue weighted by Crippen LogP contribution is -2.41. The maximum atomic E-state index is 12.8. The Labute approximate surface area is 171 Å². The van der Waals surface area contributed by atoms with E-state index in [9.17, 15) is 9.59 Å². The van der Waals surface area contributed by atoms with Gasteiger partial charge in [-0.25, -0.2) is 0 Å². The number of likely N-dealkylation sites (N-methyl/N-ethyl adjacent to an activating group) is 2. The monoisotopic (exact) mass is 399 g/mol. The molecule has 0 aliphatic heterocycles. The summed E-state index contributed by atoms with van der Waals surface area (Å²) in [5, 5.41) is 3.27. The Hall–Kier alpha value is -2.37. The molecule has 0 aromatic heterocycles. The fourth-order valence-electron chi connectivity index (χ4n) is 3.70. The standard InChI is InChI=1S/C22H26ClN3O2/c1-25(14-21(27)24-19-12-6-5-11-18(19)23)15-22(28)26(2)20-13-7-9-16-8-3-4-10-17(16)20/h3-6,8,10-12,20H,7,9,13-15H2,1-2H3,(H,24,27)/t20-/m0/s1. The fourth-order valence-corrected chi connectivity index (χ4v) is 3.88. The van der Waals surface area contributed by atoms with Crippen LogP contribution in [0, 0.1) is 0 Å². The third kappa shape index (κ3) is 4.91. The molecule has 0 saturated carbocycles. The lowest BCUT2D eigenvalue weighted by atomic mass is 9.87. The SMILES string of the molecule is CN(CC(=O)Nc1ccccc1Cl)CC(=O)N(C)[C@H]1CCCc2ccccc21. The van der Waals surface area contributed by atoms with Gasteiger partial charge in [-0.05, 0) is 49.6 Å². The highest BCUT2D eigenvalue weighted by molar-refractivity contribution is 6.33. The molecule has 0 fully saturated rings. The summed E-state index contributed by atoms with van der Waals surface area (Å²) in [6.07, 6.45) is 3.11. The molecule has 6 heteroatoms. The molecule has 0 bridgehead atoms. The molecule has 148 valence electrons. The Morgan fingerprint density at radius 3 is 2.57 bits per heavy atom. The molecular weight excluding hydrogens is 374 g/mol. The second-order valence-corrected chi connectivity index (χ2v) is 7.72. The molecule has 5 nitrogen and oxygen atoms in total. The van der Waals surface area contributed by atoms with Crippen LogP contribution in [0.3, 0.4) is 0 Å². The van der Waals surface area contributed by atoms with Crippen LogP contribution in [0.15, 0.2) is 48.5 Å². The molecule has 0 heterocycles. The number of hydrogen-bond donors (Lipinski definition) is 1. The van der Waals surface area contributed by atoms with Gasteiger partial charge in [0, 0.05) is 7.05 Å². The highest BCUT2D eigenvalue weighted by atomic mass is 35.5. The number of hydrogen-bond acceptors (Lipinski definition) is 3. The van der Waals surface area contributed by atoms with Gasteiger partial charge in [-0.3, -0.25) is 14.5 Å². The molecular formula is C22H26ClN3O2. The number of carbonyl (C=O) groups excluding carboxylic acids is 2. The number of para-hydroxylation sites is 1. The van der Waals surface area contributed by atoms with Gasteiger partial charge in [0.25, 0.3) is 0 Å². The van der Waals surface area contributed by atoms with Gasteiger partial charge in [0.2, 0.25) is 11.8 Å². The number of aryl methyl sites for hydroxylation is 1. The van der Waals surface area contributed by atoms with Crippen LogP contribution in [0.25, 0.3) is 0 Å². The first-order chi connectivity index (χ1) is 13.5. The number of rotatable bonds is 6. The van der Waals surface area contributed by atoms with Crippen LogP contribution in [0.5, 0.6) is 0 Å². The van der Waals surface area contributed by atoms with Gasteiger partial charge in [-0.15, -0.1) is 0 Å². The summed E-state index contributed by atoms with van der Waals surface area (Å²) < 4.78 is 0. The molecule has 2 amide bonds. The van der Waals surface area contributed by atoms with E-state index >= 15 is 0 Å². The minimum absolute atomic E-state index is 0.00902. The summed E-state index contributed by atoms with van der Waals surface area (Å²) in [7, 11) is 3.62. The van der Waals surface area contributed by atoms with Crippen LogP contribution in [0.2, 0.25) is 5.02 Å². The summed E-state index contributed by atoms with van der Waals surface area (Å²) in [4.78, 5) is 28.6. The predicted molar refractivity (Wildman–Crippen MR) is 112 cm³/mol. The highest BCUT2D eigenvalue weighted by Gasteiger charge is 2.27. The zero-order valence-corrected chi connectivity index (χ0v) is 17.1. The number of nitrogens with one attached hydrogen (secondary N) is 1. The minimum Gasteiger partial charge on any atom is -0.338 e. The first-order valence-electron chi connectivity index (χ1n) is 9.52. The number of anilines is 1. The second kappa shape index (κ2) is 9.22. The summed E-state index contributed by atoms with van der Waals surface area (Å²) in [5.74, 6) is -0.191. The van der Waals surface area contributed by atoms with Crippen molar-refractivity contribution in [2.75, 3.05) is 32.5 Å². The molecule has 1 N–H and O–H groups in total. The van der Waals surface area contributed by atoms with Crippen molar-refractivity contribution in [3.63, 3.8) is 0 Å². The van der Waals surface area contributed by atoms with E-state index < -0.39 is 0 Å². The fraction of sp³-hybridized carbons (Fsp3) is 0.364. The number of fused-ring (bicyclic) bond motifs is 1. The third-order valence-corrected chi connectivity index (χ3v) is 5.49. The van der Waals surface area contributed by atoms with Crippen molar-refractivity contribution in [2.24, 2.45) is 0 Å². The van der Waals surface area contributed by atoms with E-state index in [1.165, 1.54) is 11.1 Å². The Morgan fingerprint density at radius 2 is 1.79 bits per heavy atom. The molecule has 28 heavy (non-hydrogen) atoms. The van der Waals surface area contributed by atoms with Crippen LogP contribution in [-0.4, -0.2) is 48.8 Å². The molecule has 2 aromatic carbocycles. The minimum atomic E-state index is -0.200. The molecule has 2 aromatic rings. The molecule has 1 aliphatic rings. The van der Waals surface area contributed by atoms with Crippen molar-refractivity contribution in [3.8, 4) is 0 Å². The summed E-state index contributed by atoms with van der Waals surface area (Å²) >= 11 is 6.07. The number of amides is 2. The quantitative estimate of drug-likeness (QED) is 0.804. The lowest BCUT2D eigenvalue weighted by Gasteiger charge is -2.34. The normalized spacial score (nSPS) is 15.8. The van der Waals surface area contributed by atoms with Crippen LogP contribution in [-0.2, 0) is 16.0 Å². The van der Waals surface area contributed by atoms with Gasteiger partial charge in [-0.2, -0.15) is 0 Å². The zero-order chi connectivity index (χ0) is 20.1. The number of carbonyl (C=O) groups is 2. The molecule has 3 rings (SSSR count). The van der Waals surface area contributed by atoms with Crippen molar-refractivity contribution in [1.29, 1.82) is 0 Å². The summed E-state index contributed by atoms with van der Waals surface area (Å²) in [5.41, 5.74) is 3.14. The van der Waals surface area contributed by atoms with Crippen LogP contribution in [0.1, 0.15) is 30.0 Å². The maximum Gasteiger partial charge on any atom is 0.238 e. The smallest absolute Gasteiger partial charge is 0.238 e. The van der Waals surface area contributed by atoms with Crippen LogP contribution >= 0.6 is 11.6 Å². The topological polar surface area (TPSA) is 52.7 Å².